The molecule has 1 N–H and O–H groups in total. The second-order valence-electron chi connectivity index (χ2n) is 10.2. The van der Waals surface area contributed by atoms with E-state index in [4.69, 9.17) is 14.2 Å². The fraction of sp³-hybridized carbons (Fsp3) is 0.375. The number of carbonyl (C=O) groups is 2. The third kappa shape index (κ3) is 6.25. The molecule has 0 bridgehead atoms. The molecule has 0 unspecified atom stereocenters. The Hall–Kier alpha value is -3.84. The van der Waals surface area contributed by atoms with Crippen LogP contribution in [-0.4, -0.2) is 43.3 Å². The first-order valence-electron chi connectivity index (χ1n) is 13.4. The van der Waals surface area contributed by atoms with Crippen molar-refractivity contribution in [2.24, 2.45) is 5.92 Å². The molecule has 0 radical (unpaired) electrons. The van der Waals surface area contributed by atoms with Gasteiger partial charge in [0.05, 0.1) is 26.2 Å². The van der Waals surface area contributed by atoms with Crippen LogP contribution in [0.15, 0.2) is 78.9 Å². The number of esters is 1. The minimum Gasteiger partial charge on any atom is -0.496 e. The SMILES string of the molecule is COC(=O)[C@@H]1[C@@H](NCc2cc(C(C)C)ccc2OC)[C@H](c2ccccc2)N(C(=O)OCc2ccccc2)[C@H]1C. The highest BCUT2D eigenvalue weighted by atomic mass is 16.6. The Labute approximate surface area is 231 Å². The predicted molar refractivity (Wildman–Crippen MR) is 150 cm³/mol. The number of nitrogens with zero attached hydrogens (tertiary/aromatic N) is 1. The standard InChI is InChI=1S/C32H38N2O5/c1-21(2)25-16-17-27(37-4)26(18-25)19-33-29-28(31(35)38-5)22(3)34(30(29)24-14-10-7-11-15-24)32(36)39-20-23-12-8-6-9-13-23/h6-18,21-22,28-30,33H,19-20H2,1-5H3/t22-,28-,29+,30-/m0/s1. The number of nitrogens with one attached hydrogen (secondary N) is 1. The summed E-state index contributed by atoms with van der Waals surface area (Å²) in [6.07, 6.45) is -0.474. The molecule has 7 nitrogen and oxygen atoms in total. The molecule has 7 heteroatoms. The number of hydrogen-bond donors (Lipinski definition) is 1. The summed E-state index contributed by atoms with van der Waals surface area (Å²) in [5.41, 5.74) is 3.98. The minimum atomic E-state index is -0.608. The number of amides is 1. The van der Waals surface area contributed by atoms with Gasteiger partial charge >= 0.3 is 12.1 Å². The first-order valence-corrected chi connectivity index (χ1v) is 13.4. The van der Waals surface area contributed by atoms with Gasteiger partial charge in [0, 0.05) is 24.2 Å². The molecule has 1 heterocycles. The van der Waals surface area contributed by atoms with E-state index in [1.165, 1.54) is 12.7 Å². The maximum Gasteiger partial charge on any atom is 0.410 e. The van der Waals surface area contributed by atoms with Gasteiger partial charge in [0.25, 0.3) is 0 Å². The van der Waals surface area contributed by atoms with E-state index in [9.17, 15) is 9.59 Å². The Balaban J connectivity index is 1.68. The lowest BCUT2D eigenvalue weighted by Crippen LogP contribution is -2.42. The van der Waals surface area contributed by atoms with E-state index in [-0.39, 0.29) is 12.6 Å². The van der Waals surface area contributed by atoms with Gasteiger partial charge in [-0.15, -0.1) is 0 Å². The zero-order valence-corrected chi connectivity index (χ0v) is 23.3. The topological polar surface area (TPSA) is 77.1 Å². The Bertz CT molecular complexity index is 1250. The summed E-state index contributed by atoms with van der Waals surface area (Å²) in [5, 5.41) is 3.61. The highest BCUT2D eigenvalue weighted by Crippen LogP contribution is 2.42. The van der Waals surface area contributed by atoms with Crippen LogP contribution in [-0.2, 0) is 27.4 Å². The van der Waals surface area contributed by atoms with E-state index in [1.807, 2.05) is 73.7 Å². The van der Waals surface area contributed by atoms with Gasteiger partial charge in [-0.2, -0.15) is 0 Å². The van der Waals surface area contributed by atoms with Crippen LogP contribution in [0.2, 0.25) is 0 Å². The van der Waals surface area contributed by atoms with Crippen LogP contribution in [0.1, 0.15) is 55.0 Å². The summed E-state index contributed by atoms with van der Waals surface area (Å²) in [7, 11) is 3.04. The minimum absolute atomic E-state index is 0.143. The molecule has 3 aromatic carbocycles. The van der Waals surface area contributed by atoms with Gasteiger partial charge in [0.2, 0.25) is 0 Å². The van der Waals surface area contributed by atoms with Crippen LogP contribution in [0.25, 0.3) is 0 Å². The number of rotatable bonds is 9. The van der Waals surface area contributed by atoms with E-state index in [0.717, 1.165) is 22.4 Å². The molecule has 0 spiro atoms. The average molecular weight is 531 g/mol. The maximum atomic E-state index is 13.6. The van der Waals surface area contributed by atoms with Crippen LogP contribution in [0.3, 0.4) is 0 Å². The fourth-order valence-electron chi connectivity index (χ4n) is 5.43. The molecular weight excluding hydrogens is 492 g/mol. The summed E-state index contributed by atoms with van der Waals surface area (Å²) in [5.74, 6) is 0.143. The number of hydrogen-bond acceptors (Lipinski definition) is 6. The smallest absolute Gasteiger partial charge is 0.410 e. The second-order valence-corrected chi connectivity index (χ2v) is 10.2. The van der Waals surface area contributed by atoms with E-state index in [0.29, 0.717) is 12.5 Å². The zero-order valence-electron chi connectivity index (χ0n) is 23.3. The quantitative estimate of drug-likeness (QED) is 0.350. The fourth-order valence-corrected chi connectivity index (χ4v) is 5.43. The van der Waals surface area contributed by atoms with Gasteiger partial charge < -0.3 is 19.5 Å². The summed E-state index contributed by atoms with van der Waals surface area (Å²) >= 11 is 0. The molecule has 0 aromatic heterocycles. The van der Waals surface area contributed by atoms with E-state index in [1.54, 1.807) is 12.0 Å². The third-order valence-corrected chi connectivity index (χ3v) is 7.51. The maximum absolute atomic E-state index is 13.6. The second kappa shape index (κ2) is 12.8. The van der Waals surface area contributed by atoms with E-state index < -0.39 is 30.1 Å². The normalized spacial score (nSPS) is 20.6. The summed E-state index contributed by atoms with van der Waals surface area (Å²) in [6.45, 7) is 6.77. The number of methoxy groups -OCH3 is 2. The molecule has 1 amide bonds. The summed E-state index contributed by atoms with van der Waals surface area (Å²) < 4.78 is 16.7. The van der Waals surface area contributed by atoms with Gasteiger partial charge in [-0.25, -0.2) is 4.79 Å². The average Bonchev–Trinajstić information content (AvgIpc) is 3.26. The molecule has 0 aliphatic carbocycles. The highest BCUT2D eigenvalue weighted by Gasteiger charge is 2.53. The van der Waals surface area contributed by atoms with Gasteiger partial charge in [0.1, 0.15) is 12.4 Å². The molecule has 206 valence electrons. The largest absolute Gasteiger partial charge is 0.496 e. The number of ether oxygens (including phenoxy) is 3. The molecule has 1 aliphatic heterocycles. The van der Waals surface area contributed by atoms with Crippen LogP contribution in [0, 0.1) is 5.92 Å². The zero-order chi connectivity index (χ0) is 27.9. The third-order valence-electron chi connectivity index (χ3n) is 7.51. The summed E-state index contributed by atoms with van der Waals surface area (Å²) in [4.78, 5) is 28.5. The van der Waals surface area contributed by atoms with Crippen molar-refractivity contribution in [3.05, 3.63) is 101 Å². The first kappa shape index (κ1) is 28.2. The lowest BCUT2D eigenvalue weighted by molar-refractivity contribution is -0.146. The van der Waals surface area contributed by atoms with Gasteiger partial charge in [-0.3, -0.25) is 9.69 Å². The Morgan fingerprint density at radius 2 is 1.62 bits per heavy atom. The number of carbonyl (C=O) groups excluding carboxylic acids is 2. The van der Waals surface area contributed by atoms with Gasteiger partial charge in [-0.1, -0.05) is 86.6 Å². The molecule has 1 aliphatic rings. The molecule has 1 saturated heterocycles. The molecule has 4 atom stereocenters. The molecule has 0 saturated carbocycles. The summed E-state index contributed by atoms with van der Waals surface area (Å²) in [6, 6.07) is 24.1. The lowest BCUT2D eigenvalue weighted by atomic mass is 9.90. The van der Waals surface area contributed by atoms with Gasteiger partial charge in [0.15, 0.2) is 0 Å². The highest BCUT2D eigenvalue weighted by molar-refractivity contribution is 5.78. The van der Waals surface area contributed by atoms with Crippen LogP contribution < -0.4 is 10.1 Å². The Morgan fingerprint density at radius 3 is 2.23 bits per heavy atom. The van der Waals surface area contributed by atoms with Crippen LogP contribution in [0.5, 0.6) is 5.75 Å². The molecule has 4 rings (SSSR count). The van der Waals surface area contributed by atoms with Crippen molar-refractivity contribution in [3.8, 4) is 5.75 Å². The Morgan fingerprint density at radius 1 is 0.949 bits per heavy atom. The number of benzene rings is 3. The molecule has 3 aromatic rings. The van der Waals surface area contributed by atoms with Crippen molar-refractivity contribution in [1.82, 2.24) is 10.2 Å². The molecular formula is C32H38N2O5. The van der Waals surface area contributed by atoms with Crippen molar-refractivity contribution >= 4 is 12.1 Å². The number of likely N-dealkylation sites (tertiary alicyclic amines) is 1. The van der Waals surface area contributed by atoms with Crippen molar-refractivity contribution in [2.45, 2.75) is 58.0 Å². The van der Waals surface area contributed by atoms with Crippen molar-refractivity contribution in [2.75, 3.05) is 14.2 Å². The van der Waals surface area contributed by atoms with Crippen molar-refractivity contribution in [1.29, 1.82) is 0 Å². The van der Waals surface area contributed by atoms with Crippen LogP contribution >= 0.6 is 0 Å². The molecule has 39 heavy (non-hydrogen) atoms. The van der Waals surface area contributed by atoms with Crippen LogP contribution in [0.4, 0.5) is 4.79 Å². The van der Waals surface area contributed by atoms with Crippen molar-refractivity contribution < 1.29 is 23.8 Å². The molecule has 1 fully saturated rings. The van der Waals surface area contributed by atoms with E-state index in [2.05, 4.69) is 31.3 Å². The first-order chi connectivity index (χ1) is 18.8. The predicted octanol–water partition coefficient (Wildman–Crippen LogP) is 5.85. The van der Waals surface area contributed by atoms with Crippen molar-refractivity contribution in [3.63, 3.8) is 0 Å². The van der Waals surface area contributed by atoms with E-state index >= 15 is 0 Å². The van der Waals surface area contributed by atoms with Gasteiger partial charge in [-0.05, 0) is 35.6 Å². The lowest BCUT2D eigenvalue weighted by Gasteiger charge is -2.30. The Kier molecular flexibility index (Phi) is 9.25. The monoisotopic (exact) mass is 530 g/mol.